The summed E-state index contributed by atoms with van der Waals surface area (Å²) in [6, 6.07) is 11.8. The molecule has 4 nitrogen and oxygen atoms in total. The van der Waals surface area contributed by atoms with E-state index in [1.54, 1.807) is 14.2 Å². The van der Waals surface area contributed by atoms with E-state index >= 15 is 0 Å². The van der Waals surface area contributed by atoms with Crippen LogP contribution in [0.3, 0.4) is 0 Å². The Morgan fingerprint density at radius 2 is 1.67 bits per heavy atom. The Morgan fingerprint density at radius 3 is 2.48 bits per heavy atom. The summed E-state index contributed by atoms with van der Waals surface area (Å²) in [5.74, 6) is 3.60. The molecule has 2 unspecified atom stereocenters. The molecule has 0 fully saturated rings. The number of benzene rings is 2. The van der Waals surface area contributed by atoms with E-state index in [2.05, 4.69) is 0 Å². The third kappa shape index (κ3) is 1.82. The first-order valence-corrected chi connectivity index (χ1v) is 6.95. The van der Waals surface area contributed by atoms with Gasteiger partial charge in [-0.1, -0.05) is 0 Å². The van der Waals surface area contributed by atoms with Crippen molar-refractivity contribution < 1.29 is 18.9 Å². The molecule has 4 heteroatoms. The van der Waals surface area contributed by atoms with Gasteiger partial charge in [-0.3, -0.25) is 0 Å². The molecule has 108 valence electrons. The second-order valence-electron chi connectivity index (χ2n) is 5.26. The lowest BCUT2D eigenvalue weighted by molar-refractivity contribution is 0.139. The van der Waals surface area contributed by atoms with E-state index in [-0.39, 0.29) is 12.0 Å². The van der Waals surface area contributed by atoms with Gasteiger partial charge >= 0.3 is 0 Å². The van der Waals surface area contributed by atoms with Crippen molar-refractivity contribution in [3.05, 3.63) is 47.5 Å². The van der Waals surface area contributed by atoms with E-state index in [0.717, 1.165) is 34.1 Å². The van der Waals surface area contributed by atoms with E-state index in [1.165, 1.54) is 0 Å². The summed E-state index contributed by atoms with van der Waals surface area (Å²) < 4.78 is 22.6. The number of hydrogen-bond donors (Lipinski definition) is 0. The molecule has 2 atom stereocenters. The first-order valence-electron chi connectivity index (χ1n) is 6.95. The Hall–Kier alpha value is -2.36. The molecule has 0 bridgehead atoms. The Kier molecular flexibility index (Phi) is 2.70. The number of methoxy groups -OCH3 is 2. The molecule has 0 radical (unpaired) electrons. The Labute approximate surface area is 123 Å². The minimum absolute atomic E-state index is 0.00163. The predicted molar refractivity (Wildman–Crippen MR) is 77.6 cm³/mol. The fraction of sp³-hybridized carbons (Fsp3) is 0.294. The molecule has 2 aliphatic rings. The van der Waals surface area contributed by atoms with Gasteiger partial charge in [0.25, 0.3) is 0 Å². The zero-order chi connectivity index (χ0) is 14.4. The van der Waals surface area contributed by atoms with Crippen molar-refractivity contribution in [1.29, 1.82) is 0 Å². The van der Waals surface area contributed by atoms with Gasteiger partial charge in [-0.25, -0.2) is 0 Å². The molecule has 4 rings (SSSR count). The second kappa shape index (κ2) is 4.58. The van der Waals surface area contributed by atoms with E-state index in [4.69, 9.17) is 18.9 Å². The molecule has 0 amide bonds. The highest BCUT2D eigenvalue weighted by atomic mass is 16.5. The average molecular weight is 284 g/mol. The number of ether oxygens (including phenoxy) is 4. The van der Waals surface area contributed by atoms with E-state index < -0.39 is 0 Å². The van der Waals surface area contributed by atoms with Gasteiger partial charge in [-0.15, -0.1) is 0 Å². The molecule has 0 aliphatic carbocycles. The highest BCUT2D eigenvalue weighted by Crippen LogP contribution is 2.52. The molecular weight excluding hydrogens is 268 g/mol. The topological polar surface area (TPSA) is 36.9 Å². The van der Waals surface area contributed by atoms with Crippen molar-refractivity contribution in [2.24, 2.45) is 0 Å². The molecule has 0 spiro atoms. The van der Waals surface area contributed by atoms with Crippen LogP contribution in [0.1, 0.15) is 23.1 Å². The molecule has 2 aliphatic heterocycles. The van der Waals surface area contributed by atoms with Gasteiger partial charge in [-0.05, 0) is 30.3 Å². The van der Waals surface area contributed by atoms with Crippen LogP contribution in [0.25, 0.3) is 0 Å². The predicted octanol–water partition coefficient (Wildman–Crippen LogP) is 3.31. The summed E-state index contributed by atoms with van der Waals surface area (Å²) in [7, 11) is 3.33. The van der Waals surface area contributed by atoms with Gasteiger partial charge in [0.2, 0.25) is 0 Å². The first-order chi connectivity index (χ1) is 10.3. The minimum atomic E-state index is 0.00163. The van der Waals surface area contributed by atoms with Crippen molar-refractivity contribution in [3.8, 4) is 23.0 Å². The molecule has 0 saturated heterocycles. The maximum Gasteiger partial charge on any atom is 0.138 e. The largest absolute Gasteiger partial charge is 0.497 e. The minimum Gasteiger partial charge on any atom is -0.497 e. The van der Waals surface area contributed by atoms with Crippen LogP contribution in [0.5, 0.6) is 23.0 Å². The average Bonchev–Trinajstić information content (AvgIpc) is 2.92. The van der Waals surface area contributed by atoms with Crippen LogP contribution >= 0.6 is 0 Å². The van der Waals surface area contributed by atoms with Crippen molar-refractivity contribution in [1.82, 2.24) is 0 Å². The molecule has 2 heterocycles. The summed E-state index contributed by atoms with van der Waals surface area (Å²) in [5, 5.41) is 0. The van der Waals surface area contributed by atoms with Crippen molar-refractivity contribution in [2.75, 3.05) is 20.8 Å². The Balaban J connectivity index is 1.75. The fourth-order valence-corrected chi connectivity index (χ4v) is 3.07. The number of fused-ring (bicyclic) bond motifs is 5. The summed E-state index contributed by atoms with van der Waals surface area (Å²) in [5.41, 5.74) is 2.23. The molecule has 2 aromatic carbocycles. The maximum absolute atomic E-state index is 6.13. The molecule has 0 aromatic heterocycles. The van der Waals surface area contributed by atoms with Crippen LogP contribution < -0.4 is 18.9 Å². The van der Waals surface area contributed by atoms with E-state index in [9.17, 15) is 0 Å². The van der Waals surface area contributed by atoms with E-state index in [0.29, 0.717) is 6.61 Å². The van der Waals surface area contributed by atoms with Crippen LogP contribution in [0.15, 0.2) is 36.4 Å². The summed E-state index contributed by atoms with van der Waals surface area (Å²) in [6.45, 7) is 0.602. The lowest BCUT2D eigenvalue weighted by Gasteiger charge is -2.28. The normalized spacial score (nSPS) is 21.4. The van der Waals surface area contributed by atoms with Crippen LogP contribution in [-0.4, -0.2) is 20.8 Å². The summed E-state index contributed by atoms with van der Waals surface area (Å²) >= 11 is 0. The Bertz CT molecular complexity index is 695. The van der Waals surface area contributed by atoms with Crippen LogP contribution in [0.4, 0.5) is 0 Å². The Morgan fingerprint density at radius 1 is 0.905 bits per heavy atom. The molecule has 21 heavy (non-hydrogen) atoms. The van der Waals surface area contributed by atoms with Gasteiger partial charge in [-0.2, -0.15) is 0 Å². The maximum atomic E-state index is 6.13. The lowest BCUT2D eigenvalue weighted by atomic mass is 9.89. The molecule has 0 saturated carbocycles. The van der Waals surface area contributed by atoms with Crippen LogP contribution in [0, 0.1) is 0 Å². The van der Waals surface area contributed by atoms with Gasteiger partial charge in [0.15, 0.2) is 0 Å². The zero-order valence-corrected chi connectivity index (χ0v) is 12.0. The third-order valence-corrected chi connectivity index (χ3v) is 4.18. The summed E-state index contributed by atoms with van der Waals surface area (Å²) in [4.78, 5) is 0. The van der Waals surface area contributed by atoms with Crippen LogP contribution in [0.2, 0.25) is 0 Å². The van der Waals surface area contributed by atoms with Crippen molar-refractivity contribution in [3.63, 3.8) is 0 Å². The number of rotatable bonds is 2. The molecular formula is C17H16O4. The molecule has 2 aromatic rings. The van der Waals surface area contributed by atoms with Gasteiger partial charge in [0.05, 0.1) is 26.7 Å². The fourth-order valence-electron chi connectivity index (χ4n) is 3.07. The quantitative estimate of drug-likeness (QED) is 0.847. The lowest BCUT2D eigenvalue weighted by Crippen LogP contribution is -2.23. The highest BCUT2D eigenvalue weighted by Gasteiger charge is 2.40. The van der Waals surface area contributed by atoms with Gasteiger partial charge in [0, 0.05) is 17.2 Å². The zero-order valence-electron chi connectivity index (χ0n) is 12.0. The standard InChI is InChI=1S/C17H16O4/c1-18-10-4-6-15-13(7-10)14-9-20-16-8-11(19-2)3-5-12(16)17(14)21-15/h3-8,14,17H,9H2,1-2H3. The highest BCUT2D eigenvalue weighted by molar-refractivity contribution is 5.52. The second-order valence-corrected chi connectivity index (χ2v) is 5.26. The van der Waals surface area contributed by atoms with Gasteiger partial charge in [0.1, 0.15) is 29.1 Å². The van der Waals surface area contributed by atoms with Crippen molar-refractivity contribution in [2.45, 2.75) is 12.0 Å². The van der Waals surface area contributed by atoms with Crippen molar-refractivity contribution >= 4 is 0 Å². The third-order valence-electron chi connectivity index (χ3n) is 4.18. The monoisotopic (exact) mass is 284 g/mol. The summed E-state index contributed by atoms with van der Waals surface area (Å²) in [6.07, 6.45) is 0.00163. The first kappa shape index (κ1) is 12.4. The van der Waals surface area contributed by atoms with Crippen LogP contribution in [-0.2, 0) is 0 Å². The molecule has 0 N–H and O–H groups in total. The van der Waals surface area contributed by atoms with E-state index in [1.807, 2.05) is 36.4 Å². The smallest absolute Gasteiger partial charge is 0.138 e. The van der Waals surface area contributed by atoms with Gasteiger partial charge < -0.3 is 18.9 Å². The number of hydrogen-bond acceptors (Lipinski definition) is 4. The SMILES string of the molecule is COc1ccc2c(c1)OCC1c3cc(OC)ccc3OC21.